The first-order valence-electron chi connectivity index (χ1n) is 13.0. The number of benzene rings is 2. The number of nitrogens with zero attached hydrogens (tertiary/aromatic N) is 2. The number of amides is 1. The van der Waals surface area contributed by atoms with E-state index in [0.29, 0.717) is 60.8 Å². The van der Waals surface area contributed by atoms with Gasteiger partial charge in [0.25, 0.3) is 5.91 Å². The lowest BCUT2D eigenvalue weighted by molar-refractivity contribution is -0.129. The summed E-state index contributed by atoms with van der Waals surface area (Å²) >= 11 is 0. The number of hydrogen-bond donors (Lipinski definition) is 1. The van der Waals surface area contributed by atoms with Gasteiger partial charge < -0.3 is 28.6 Å². The number of para-hydroxylation sites is 1. The Morgan fingerprint density at radius 1 is 1.15 bits per heavy atom. The van der Waals surface area contributed by atoms with E-state index in [9.17, 15) is 14.7 Å². The zero-order valence-corrected chi connectivity index (χ0v) is 21.9. The largest absolute Gasteiger partial charge is 0.503 e. The molecule has 5 rings (SSSR count). The van der Waals surface area contributed by atoms with Gasteiger partial charge in [0.05, 0.1) is 31.9 Å². The summed E-state index contributed by atoms with van der Waals surface area (Å²) in [5, 5.41) is 11.7. The quantitative estimate of drug-likeness (QED) is 0.288. The van der Waals surface area contributed by atoms with Gasteiger partial charge in [-0.25, -0.2) is 0 Å². The van der Waals surface area contributed by atoms with E-state index in [1.54, 1.807) is 47.4 Å². The predicted molar refractivity (Wildman–Crippen MR) is 145 cm³/mol. The molecule has 0 spiro atoms. The first-order valence-corrected chi connectivity index (χ1v) is 13.0. The number of methoxy groups -OCH3 is 1. The van der Waals surface area contributed by atoms with Crippen LogP contribution in [0.25, 0.3) is 11.0 Å². The fourth-order valence-corrected chi connectivity index (χ4v) is 5.12. The van der Waals surface area contributed by atoms with Crippen LogP contribution in [0.5, 0.6) is 11.5 Å². The molecule has 1 fully saturated rings. The molecule has 9 heteroatoms. The number of ether oxygens (including phenoxy) is 3. The number of aliphatic hydroxyl groups is 1. The Morgan fingerprint density at radius 2 is 1.95 bits per heavy atom. The Hall–Kier alpha value is -4.08. The normalized spacial score (nSPS) is 18.1. The molecule has 1 unspecified atom stereocenters. The summed E-state index contributed by atoms with van der Waals surface area (Å²) in [6.07, 6.45) is 2.31. The van der Waals surface area contributed by atoms with E-state index >= 15 is 0 Å². The molecule has 204 valence electrons. The number of carbonyl (C=O) groups is 2. The van der Waals surface area contributed by atoms with Crippen LogP contribution in [-0.2, 0) is 9.53 Å². The zero-order valence-electron chi connectivity index (χ0n) is 21.9. The summed E-state index contributed by atoms with van der Waals surface area (Å²) < 4.78 is 22.4. The van der Waals surface area contributed by atoms with Crippen LogP contribution in [0.3, 0.4) is 0 Å². The zero-order chi connectivity index (χ0) is 27.4. The number of morpholine rings is 1. The van der Waals surface area contributed by atoms with Gasteiger partial charge in [-0.1, -0.05) is 36.9 Å². The van der Waals surface area contributed by atoms with E-state index in [1.807, 2.05) is 12.1 Å². The molecule has 1 N–H and O–H groups in total. The number of carbonyl (C=O) groups excluding carboxylic acids is 2. The molecule has 1 saturated heterocycles. The summed E-state index contributed by atoms with van der Waals surface area (Å²) in [5.41, 5.74) is 1.05. The van der Waals surface area contributed by atoms with Crippen molar-refractivity contribution in [2.45, 2.75) is 12.5 Å². The van der Waals surface area contributed by atoms with E-state index in [2.05, 4.69) is 11.5 Å². The fourth-order valence-electron chi connectivity index (χ4n) is 5.12. The molecule has 1 aromatic heterocycles. The first-order chi connectivity index (χ1) is 19.0. The van der Waals surface area contributed by atoms with Crippen LogP contribution in [0.2, 0.25) is 0 Å². The molecule has 0 radical (unpaired) electrons. The van der Waals surface area contributed by atoms with Gasteiger partial charge in [-0.15, -0.1) is 0 Å². The highest BCUT2D eigenvalue weighted by Gasteiger charge is 2.44. The maximum absolute atomic E-state index is 13.9. The van der Waals surface area contributed by atoms with E-state index in [4.69, 9.17) is 18.6 Å². The maximum atomic E-state index is 13.9. The van der Waals surface area contributed by atoms with Crippen molar-refractivity contribution in [2.24, 2.45) is 0 Å². The van der Waals surface area contributed by atoms with Crippen molar-refractivity contribution in [1.29, 1.82) is 0 Å². The Labute approximate surface area is 226 Å². The van der Waals surface area contributed by atoms with Crippen LogP contribution >= 0.6 is 0 Å². The van der Waals surface area contributed by atoms with E-state index < -0.39 is 23.5 Å². The van der Waals surface area contributed by atoms with Crippen molar-refractivity contribution in [1.82, 2.24) is 9.80 Å². The monoisotopic (exact) mass is 532 g/mol. The van der Waals surface area contributed by atoms with Crippen LogP contribution in [0, 0.1) is 0 Å². The third-order valence-electron chi connectivity index (χ3n) is 7.02. The van der Waals surface area contributed by atoms with Crippen molar-refractivity contribution >= 4 is 22.7 Å². The third-order valence-corrected chi connectivity index (χ3v) is 7.02. The molecule has 2 aliphatic rings. The highest BCUT2D eigenvalue weighted by Crippen LogP contribution is 2.41. The molecular formula is C30H32N2O7. The molecule has 3 aromatic rings. The van der Waals surface area contributed by atoms with Crippen LogP contribution < -0.4 is 9.47 Å². The van der Waals surface area contributed by atoms with E-state index in [0.717, 1.165) is 19.6 Å². The SMILES string of the molecule is C=CCOc1cccc(C2C(C(=O)c3cc4cccc(OC)c4o3)=C(O)C(=O)N2CCCN2CCOCC2)c1. The van der Waals surface area contributed by atoms with Gasteiger partial charge in [0.2, 0.25) is 5.78 Å². The molecule has 1 amide bonds. The molecule has 9 nitrogen and oxygen atoms in total. The molecule has 2 aliphatic heterocycles. The van der Waals surface area contributed by atoms with E-state index in [-0.39, 0.29) is 11.3 Å². The summed E-state index contributed by atoms with van der Waals surface area (Å²) in [7, 11) is 1.52. The first kappa shape index (κ1) is 26.5. The molecule has 39 heavy (non-hydrogen) atoms. The second-order valence-electron chi connectivity index (χ2n) is 9.46. The smallest absolute Gasteiger partial charge is 0.290 e. The predicted octanol–water partition coefficient (Wildman–Crippen LogP) is 4.31. The fraction of sp³-hybridized carbons (Fsp3) is 0.333. The Morgan fingerprint density at radius 3 is 2.72 bits per heavy atom. The van der Waals surface area contributed by atoms with Gasteiger partial charge in [-0.05, 0) is 36.2 Å². The summed E-state index contributed by atoms with van der Waals surface area (Å²) in [5.74, 6) is -0.640. The van der Waals surface area contributed by atoms with Crippen molar-refractivity contribution in [3.05, 3.63) is 83.8 Å². The van der Waals surface area contributed by atoms with Crippen LogP contribution in [0.4, 0.5) is 0 Å². The average molecular weight is 533 g/mol. The molecule has 2 aromatic carbocycles. The number of ketones is 1. The minimum absolute atomic E-state index is 0.0167. The molecule has 0 saturated carbocycles. The Balaban J connectivity index is 1.48. The number of rotatable bonds is 11. The molecular weight excluding hydrogens is 500 g/mol. The molecule has 0 bridgehead atoms. The van der Waals surface area contributed by atoms with Crippen LogP contribution in [-0.4, -0.2) is 79.7 Å². The van der Waals surface area contributed by atoms with Gasteiger partial charge >= 0.3 is 0 Å². The minimum atomic E-state index is -0.808. The highest BCUT2D eigenvalue weighted by molar-refractivity contribution is 6.16. The van der Waals surface area contributed by atoms with Gasteiger partial charge in [0, 0.05) is 31.6 Å². The Kier molecular flexibility index (Phi) is 7.99. The second-order valence-corrected chi connectivity index (χ2v) is 9.46. The van der Waals surface area contributed by atoms with Crippen LogP contribution in [0.1, 0.15) is 28.6 Å². The standard InChI is InChI=1S/C30H32N2O7/c1-3-15-38-22-9-4-7-20(18-22)26-25(27(33)24-19-21-8-5-10-23(36-2)29(21)39-24)28(34)30(35)32(26)12-6-11-31-13-16-37-17-14-31/h3-5,7-10,18-19,26,34H,1,6,11-17H2,2H3. The number of fused-ring (bicyclic) bond motifs is 1. The van der Waals surface area contributed by atoms with Gasteiger partial charge in [0.15, 0.2) is 22.9 Å². The number of aliphatic hydroxyl groups excluding tert-OH is 1. The van der Waals surface area contributed by atoms with Crippen molar-refractivity contribution in [3.63, 3.8) is 0 Å². The highest BCUT2D eigenvalue weighted by atomic mass is 16.5. The Bertz CT molecular complexity index is 1400. The lowest BCUT2D eigenvalue weighted by Crippen LogP contribution is -2.39. The van der Waals surface area contributed by atoms with Gasteiger partial charge in [-0.2, -0.15) is 0 Å². The number of hydrogen-bond acceptors (Lipinski definition) is 8. The molecule has 1 atom stereocenters. The summed E-state index contributed by atoms with van der Waals surface area (Å²) in [4.78, 5) is 31.1. The van der Waals surface area contributed by atoms with Crippen molar-refractivity contribution in [2.75, 3.05) is 53.1 Å². The lowest BCUT2D eigenvalue weighted by Gasteiger charge is -2.30. The van der Waals surface area contributed by atoms with E-state index in [1.165, 1.54) is 7.11 Å². The summed E-state index contributed by atoms with van der Waals surface area (Å²) in [6, 6.07) is 13.3. The molecule has 3 heterocycles. The second kappa shape index (κ2) is 11.8. The average Bonchev–Trinajstić information content (AvgIpc) is 3.51. The van der Waals surface area contributed by atoms with Gasteiger partial charge in [-0.3, -0.25) is 14.5 Å². The van der Waals surface area contributed by atoms with Crippen LogP contribution in [0.15, 0.2) is 76.9 Å². The summed E-state index contributed by atoms with van der Waals surface area (Å²) in [6.45, 7) is 8.17. The third kappa shape index (κ3) is 5.41. The topological polar surface area (TPSA) is 102 Å². The number of furan rings is 1. The number of Topliss-reactive ketones (excluding diaryl/α,β-unsaturated/α-hetero) is 1. The van der Waals surface area contributed by atoms with Crippen molar-refractivity contribution in [3.8, 4) is 11.5 Å². The lowest BCUT2D eigenvalue weighted by atomic mass is 9.94. The van der Waals surface area contributed by atoms with Gasteiger partial charge in [0.1, 0.15) is 12.4 Å². The van der Waals surface area contributed by atoms with Crippen molar-refractivity contribution < 1.29 is 33.3 Å². The maximum Gasteiger partial charge on any atom is 0.290 e. The molecule has 0 aliphatic carbocycles. The minimum Gasteiger partial charge on any atom is -0.503 e.